The number of carbonyl (C=O) groups excluding carboxylic acids is 1. The molecule has 0 aliphatic carbocycles. The molecule has 0 radical (unpaired) electrons. The minimum atomic E-state index is -1.34. The molecule has 1 saturated heterocycles. The summed E-state index contributed by atoms with van der Waals surface area (Å²) in [5, 5.41) is 16.1. The Labute approximate surface area is 132 Å². The van der Waals surface area contributed by atoms with Gasteiger partial charge in [-0.15, -0.1) is 0 Å². The van der Waals surface area contributed by atoms with E-state index in [0.717, 1.165) is 11.4 Å². The van der Waals surface area contributed by atoms with Gasteiger partial charge in [0.1, 0.15) is 0 Å². The van der Waals surface area contributed by atoms with E-state index in [1.165, 1.54) is 0 Å². The molecule has 1 aromatic heterocycles. The normalized spacial score (nSPS) is 20.4. The number of hydrogen-bond acceptors (Lipinski definition) is 4. The first kappa shape index (κ1) is 15.2. The van der Waals surface area contributed by atoms with E-state index >= 15 is 0 Å². The Morgan fingerprint density at radius 1 is 1.30 bits per heavy atom. The minimum absolute atomic E-state index is 0.0152. The first-order valence-electron chi connectivity index (χ1n) is 7.27. The summed E-state index contributed by atoms with van der Waals surface area (Å²) in [5.74, 6) is -1.51. The van der Waals surface area contributed by atoms with Crippen molar-refractivity contribution in [3.05, 3.63) is 47.8 Å². The summed E-state index contributed by atoms with van der Waals surface area (Å²) in [6.45, 7) is 2.24. The summed E-state index contributed by atoms with van der Waals surface area (Å²) in [6.07, 6.45) is 1.96. The van der Waals surface area contributed by atoms with Crippen molar-refractivity contribution in [1.29, 1.82) is 0 Å². The number of nitrogens with zero attached hydrogens (tertiary/aromatic N) is 2. The van der Waals surface area contributed by atoms with Crippen molar-refractivity contribution in [3.63, 3.8) is 0 Å². The van der Waals surface area contributed by atoms with Gasteiger partial charge in [0, 0.05) is 30.5 Å². The lowest BCUT2D eigenvalue weighted by atomic mass is 9.98. The third-order valence-corrected chi connectivity index (χ3v) is 3.99. The van der Waals surface area contributed by atoms with Crippen LogP contribution in [0.3, 0.4) is 0 Å². The zero-order valence-electron chi connectivity index (χ0n) is 12.7. The van der Waals surface area contributed by atoms with Gasteiger partial charge in [0.05, 0.1) is 12.3 Å². The summed E-state index contributed by atoms with van der Waals surface area (Å²) in [6, 6.07) is 8.73. The van der Waals surface area contributed by atoms with E-state index in [0.29, 0.717) is 12.2 Å². The maximum atomic E-state index is 12.3. The van der Waals surface area contributed by atoms with Crippen LogP contribution in [-0.2, 0) is 9.53 Å². The van der Waals surface area contributed by atoms with Gasteiger partial charge in [0.15, 0.2) is 5.54 Å². The van der Waals surface area contributed by atoms with E-state index in [1.54, 1.807) is 35.1 Å². The second-order valence-corrected chi connectivity index (χ2v) is 5.58. The number of carboxylic acid groups (broad SMARTS) is 1. The first-order valence-corrected chi connectivity index (χ1v) is 7.27. The lowest BCUT2D eigenvalue weighted by Crippen LogP contribution is -2.55. The number of aromatic nitrogens is 2. The van der Waals surface area contributed by atoms with E-state index in [1.807, 2.05) is 13.0 Å². The van der Waals surface area contributed by atoms with E-state index in [-0.39, 0.29) is 13.0 Å². The van der Waals surface area contributed by atoms with E-state index in [4.69, 9.17) is 4.74 Å². The Morgan fingerprint density at radius 3 is 2.57 bits per heavy atom. The Kier molecular flexibility index (Phi) is 3.87. The number of aliphatic carboxylic acids is 1. The minimum Gasteiger partial charge on any atom is -0.479 e. The quantitative estimate of drug-likeness (QED) is 0.883. The number of amides is 1. The van der Waals surface area contributed by atoms with Crippen molar-refractivity contribution in [2.75, 3.05) is 13.2 Å². The highest BCUT2D eigenvalue weighted by atomic mass is 16.5. The smallest absolute Gasteiger partial charge is 0.331 e. The Morgan fingerprint density at radius 2 is 2.04 bits per heavy atom. The second kappa shape index (κ2) is 5.85. The van der Waals surface area contributed by atoms with Crippen LogP contribution in [0.4, 0.5) is 0 Å². The van der Waals surface area contributed by atoms with Crippen molar-refractivity contribution in [1.82, 2.24) is 15.1 Å². The standard InChI is InChI=1S/C16H17N3O4/c1-11-6-8-17-19(11)13-4-2-12(3-5-13)14(20)18-16(15(21)22)7-9-23-10-16/h2-6,8H,7,9-10H2,1H3,(H,18,20)(H,21,22). The van der Waals surface area contributed by atoms with Gasteiger partial charge in [0.25, 0.3) is 5.91 Å². The first-order chi connectivity index (χ1) is 11.0. The molecule has 7 heteroatoms. The number of aryl methyl sites for hydroxylation is 1. The molecule has 1 aliphatic rings. The maximum Gasteiger partial charge on any atom is 0.331 e. The molecular weight excluding hydrogens is 298 g/mol. The summed E-state index contributed by atoms with van der Waals surface area (Å²) >= 11 is 0. The maximum absolute atomic E-state index is 12.3. The number of carboxylic acids is 1. The molecule has 2 N–H and O–H groups in total. The van der Waals surface area contributed by atoms with Gasteiger partial charge in [0.2, 0.25) is 0 Å². The van der Waals surface area contributed by atoms with Gasteiger partial charge in [-0.05, 0) is 37.3 Å². The van der Waals surface area contributed by atoms with Crippen molar-refractivity contribution in [2.45, 2.75) is 18.9 Å². The van der Waals surface area contributed by atoms with Crippen LogP contribution in [0.1, 0.15) is 22.5 Å². The van der Waals surface area contributed by atoms with Crippen LogP contribution >= 0.6 is 0 Å². The fourth-order valence-electron chi connectivity index (χ4n) is 2.57. The largest absolute Gasteiger partial charge is 0.479 e. The fourth-order valence-corrected chi connectivity index (χ4v) is 2.57. The molecule has 1 amide bonds. The molecule has 0 saturated carbocycles. The average Bonchev–Trinajstić information content (AvgIpc) is 3.17. The van der Waals surface area contributed by atoms with Gasteiger partial charge >= 0.3 is 5.97 Å². The highest BCUT2D eigenvalue weighted by Gasteiger charge is 2.44. The number of rotatable bonds is 4. The highest BCUT2D eigenvalue weighted by Crippen LogP contribution is 2.20. The molecule has 3 rings (SSSR count). The summed E-state index contributed by atoms with van der Waals surface area (Å²) in [5.41, 5.74) is 0.872. The molecule has 7 nitrogen and oxygen atoms in total. The van der Waals surface area contributed by atoms with Crippen LogP contribution in [0.25, 0.3) is 5.69 Å². The molecule has 1 aliphatic heterocycles. The molecule has 2 heterocycles. The van der Waals surface area contributed by atoms with Gasteiger partial charge in [-0.25, -0.2) is 9.48 Å². The van der Waals surface area contributed by atoms with Crippen LogP contribution in [0.5, 0.6) is 0 Å². The fraction of sp³-hybridized carbons (Fsp3) is 0.312. The van der Waals surface area contributed by atoms with Crippen molar-refractivity contribution < 1.29 is 19.4 Å². The number of hydrogen-bond donors (Lipinski definition) is 2. The summed E-state index contributed by atoms with van der Waals surface area (Å²) in [4.78, 5) is 23.8. The zero-order valence-corrected chi connectivity index (χ0v) is 12.7. The van der Waals surface area contributed by atoms with E-state index < -0.39 is 17.4 Å². The predicted octanol–water partition coefficient (Wildman–Crippen LogP) is 1.15. The molecule has 1 aromatic carbocycles. The summed E-state index contributed by atoms with van der Waals surface area (Å²) < 4.78 is 6.89. The summed E-state index contributed by atoms with van der Waals surface area (Å²) in [7, 11) is 0. The van der Waals surface area contributed by atoms with Gasteiger partial charge in [-0.3, -0.25) is 4.79 Å². The van der Waals surface area contributed by atoms with Gasteiger partial charge in [-0.2, -0.15) is 5.10 Å². The Balaban J connectivity index is 1.78. The number of benzene rings is 1. The van der Waals surface area contributed by atoms with E-state index in [9.17, 15) is 14.7 Å². The third-order valence-electron chi connectivity index (χ3n) is 3.99. The van der Waals surface area contributed by atoms with Crippen LogP contribution in [0, 0.1) is 6.92 Å². The topological polar surface area (TPSA) is 93.5 Å². The SMILES string of the molecule is Cc1ccnn1-c1ccc(C(=O)NC2(C(=O)O)CCOC2)cc1. The third kappa shape index (κ3) is 2.83. The lowest BCUT2D eigenvalue weighted by Gasteiger charge is -2.23. The van der Waals surface area contributed by atoms with Crippen molar-refractivity contribution in [3.8, 4) is 5.69 Å². The van der Waals surface area contributed by atoms with Crippen LogP contribution in [0.15, 0.2) is 36.5 Å². The van der Waals surface area contributed by atoms with E-state index in [2.05, 4.69) is 10.4 Å². The highest BCUT2D eigenvalue weighted by molar-refractivity contribution is 5.98. The number of carbonyl (C=O) groups is 2. The van der Waals surface area contributed by atoms with Gasteiger partial charge < -0.3 is 15.2 Å². The predicted molar refractivity (Wildman–Crippen MR) is 81.6 cm³/mol. The molecular formula is C16H17N3O4. The monoisotopic (exact) mass is 315 g/mol. The van der Waals surface area contributed by atoms with Crippen LogP contribution < -0.4 is 5.32 Å². The molecule has 1 atom stereocenters. The molecule has 120 valence electrons. The Bertz CT molecular complexity index is 730. The molecule has 1 fully saturated rings. The Hall–Kier alpha value is -2.67. The molecule has 23 heavy (non-hydrogen) atoms. The molecule has 0 bridgehead atoms. The van der Waals surface area contributed by atoms with Crippen molar-refractivity contribution >= 4 is 11.9 Å². The van der Waals surface area contributed by atoms with Crippen molar-refractivity contribution in [2.24, 2.45) is 0 Å². The average molecular weight is 315 g/mol. The second-order valence-electron chi connectivity index (χ2n) is 5.58. The molecule has 2 aromatic rings. The van der Waals surface area contributed by atoms with Crippen LogP contribution in [-0.4, -0.2) is 45.5 Å². The molecule has 0 spiro atoms. The zero-order chi connectivity index (χ0) is 16.4. The lowest BCUT2D eigenvalue weighted by molar-refractivity contribution is -0.144. The van der Waals surface area contributed by atoms with Crippen LogP contribution in [0.2, 0.25) is 0 Å². The number of nitrogens with one attached hydrogen (secondary N) is 1. The number of ether oxygens (including phenoxy) is 1. The van der Waals surface area contributed by atoms with Gasteiger partial charge in [-0.1, -0.05) is 0 Å². The molecule has 1 unspecified atom stereocenters.